The van der Waals surface area contributed by atoms with Gasteiger partial charge in [-0.2, -0.15) is 0 Å². The fourth-order valence-corrected chi connectivity index (χ4v) is 5.51. The van der Waals surface area contributed by atoms with Crippen LogP contribution < -0.4 is 10.6 Å². The molecule has 0 amide bonds. The monoisotopic (exact) mass is 277 g/mol. The number of halogens is 1. The first-order valence-electron chi connectivity index (χ1n) is 5.78. The number of fused-ring (bicyclic) bond motifs is 1. The fourth-order valence-electron chi connectivity index (χ4n) is 2.45. The minimum Gasteiger partial charge on any atom is -0.296 e. The maximum Gasteiger partial charge on any atom is 0.207 e. The predicted molar refractivity (Wildman–Crippen MR) is 76.2 cm³/mol. The molecule has 3 rings (SSSR count). The molecule has 4 heteroatoms. The van der Waals surface area contributed by atoms with Crippen LogP contribution in [0.4, 0.5) is 0 Å². The van der Waals surface area contributed by atoms with Crippen molar-refractivity contribution >= 4 is 29.5 Å². The SMILES string of the molecule is CN1Cc2ccc(Cl)cc2P1(=O)c1ccccc1. The second-order valence-electron chi connectivity index (χ2n) is 4.50. The molecule has 0 aliphatic carbocycles. The number of nitrogens with zero attached hydrogens (tertiary/aromatic N) is 1. The summed E-state index contributed by atoms with van der Waals surface area (Å²) >= 11 is 6.05. The van der Waals surface area contributed by atoms with Crippen molar-refractivity contribution in [3.63, 3.8) is 0 Å². The summed E-state index contributed by atoms with van der Waals surface area (Å²) in [6.45, 7) is 0.707. The van der Waals surface area contributed by atoms with Crippen LogP contribution in [0.1, 0.15) is 5.56 Å². The lowest BCUT2D eigenvalue weighted by atomic mass is 10.2. The van der Waals surface area contributed by atoms with Gasteiger partial charge in [-0.05, 0) is 36.9 Å². The first-order chi connectivity index (χ1) is 8.62. The van der Waals surface area contributed by atoms with Gasteiger partial charge < -0.3 is 0 Å². The third-order valence-corrected chi connectivity index (χ3v) is 6.77. The van der Waals surface area contributed by atoms with E-state index in [0.29, 0.717) is 11.6 Å². The molecule has 0 spiro atoms. The third-order valence-electron chi connectivity index (χ3n) is 3.36. The molecule has 0 fully saturated rings. The van der Waals surface area contributed by atoms with Crippen LogP contribution in [0.3, 0.4) is 0 Å². The Hall–Kier alpha value is -1.08. The zero-order valence-corrected chi connectivity index (χ0v) is 11.7. The van der Waals surface area contributed by atoms with Gasteiger partial charge in [-0.15, -0.1) is 0 Å². The van der Waals surface area contributed by atoms with Crippen LogP contribution in [-0.2, 0) is 11.1 Å². The molecule has 0 aromatic heterocycles. The predicted octanol–water partition coefficient (Wildman–Crippen LogP) is 3.01. The second-order valence-corrected chi connectivity index (χ2v) is 7.77. The van der Waals surface area contributed by atoms with E-state index in [9.17, 15) is 4.57 Å². The lowest BCUT2D eigenvalue weighted by Crippen LogP contribution is -2.21. The van der Waals surface area contributed by atoms with Gasteiger partial charge in [-0.1, -0.05) is 35.9 Å². The van der Waals surface area contributed by atoms with Gasteiger partial charge in [0.1, 0.15) is 0 Å². The zero-order chi connectivity index (χ0) is 12.8. The molecule has 1 aliphatic heterocycles. The number of benzene rings is 2. The van der Waals surface area contributed by atoms with Gasteiger partial charge in [0.15, 0.2) is 0 Å². The first kappa shape index (κ1) is 12.0. The topological polar surface area (TPSA) is 20.3 Å². The minimum atomic E-state index is -2.68. The quantitative estimate of drug-likeness (QED) is 0.747. The number of rotatable bonds is 1. The molecule has 0 bridgehead atoms. The smallest absolute Gasteiger partial charge is 0.207 e. The molecule has 0 saturated carbocycles. The van der Waals surface area contributed by atoms with Gasteiger partial charge in [0.05, 0.1) is 0 Å². The van der Waals surface area contributed by atoms with Gasteiger partial charge in [-0.25, -0.2) is 4.67 Å². The Morgan fingerprint density at radius 2 is 1.89 bits per heavy atom. The molecule has 1 atom stereocenters. The summed E-state index contributed by atoms with van der Waals surface area (Å²) in [6.07, 6.45) is 0. The highest BCUT2D eigenvalue weighted by atomic mass is 35.5. The standard InChI is InChI=1S/C14H13ClNOP/c1-16-10-11-7-8-12(15)9-14(11)18(16,17)13-5-3-2-4-6-13/h2-9H,10H2,1H3. The van der Waals surface area contributed by atoms with E-state index < -0.39 is 7.29 Å². The lowest BCUT2D eigenvalue weighted by Gasteiger charge is -2.21. The van der Waals surface area contributed by atoms with Crippen LogP contribution in [0.25, 0.3) is 0 Å². The van der Waals surface area contributed by atoms with Crippen LogP contribution in [-0.4, -0.2) is 11.7 Å². The van der Waals surface area contributed by atoms with E-state index >= 15 is 0 Å². The van der Waals surface area contributed by atoms with E-state index in [1.807, 2.05) is 60.2 Å². The van der Waals surface area contributed by atoms with Gasteiger partial charge in [0.25, 0.3) is 0 Å². The molecule has 1 unspecified atom stereocenters. The van der Waals surface area contributed by atoms with Crippen LogP contribution in [0.2, 0.25) is 5.02 Å². The summed E-state index contributed by atoms with van der Waals surface area (Å²) in [5.41, 5.74) is 1.11. The normalized spacial score (nSPS) is 23.0. The highest BCUT2D eigenvalue weighted by Crippen LogP contribution is 2.52. The van der Waals surface area contributed by atoms with E-state index in [4.69, 9.17) is 11.6 Å². The van der Waals surface area contributed by atoms with Gasteiger partial charge in [-0.3, -0.25) is 4.57 Å². The van der Waals surface area contributed by atoms with Crippen molar-refractivity contribution in [2.75, 3.05) is 7.05 Å². The Labute approximate surface area is 112 Å². The third kappa shape index (κ3) is 1.65. The highest BCUT2D eigenvalue weighted by molar-refractivity contribution is 7.77. The van der Waals surface area contributed by atoms with Gasteiger partial charge in [0, 0.05) is 22.2 Å². The largest absolute Gasteiger partial charge is 0.296 e. The minimum absolute atomic E-state index is 0.639. The Morgan fingerprint density at radius 1 is 1.17 bits per heavy atom. The van der Waals surface area contributed by atoms with E-state index in [2.05, 4.69) is 0 Å². The Bertz CT molecular complexity index is 641. The number of hydrogen-bond donors (Lipinski definition) is 0. The summed E-state index contributed by atoms with van der Waals surface area (Å²) in [5.74, 6) is 0. The molecule has 2 aromatic carbocycles. The molecule has 1 heterocycles. The zero-order valence-electron chi connectivity index (χ0n) is 10.0. The molecule has 2 nitrogen and oxygen atoms in total. The van der Waals surface area contributed by atoms with Gasteiger partial charge in [0.2, 0.25) is 7.29 Å². The van der Waals surface area contributed by atoms with E-state index in [0.717, 1.165) is 16.2 Å². The first-order valence-corrected chi connectivity index (χ1v) is 7.82. The van der Waals surface area contributed by atoms with Crippen LogP contribution in [0.5, 0.6) is 0 Å². The molecule has 1 aliphatic rings. The summed E-state index contributed by atoms with van der Waals surface area (Å²) in [7, 11) is -0.777. The van der Waals surface area contributed by atoms with Crippen LogP contribution >= 0.6 is 18.9 Å². The Kier molecular flexibility index (Phi) is 2.82. The van der Waals surface area contributed by atoms with Crippen molar-refractivity contribution in [2.24, 2.45) is 0 Å². The molecule has 0 radical (unpaired) electrons. The van der Waals surface area contributed by atoms with Crippen molar-refractivity contribution < 1.29 is 4.57 Å². The average molecular weight is 278 g/mol. The molecule has 2 aromatic rings. The molecular weight excluding hydrogens is 265 g/mol. The van der Waals surface area contributed by atoms with Crippen molar-refractivity contribution in [3.05, 3.63) is 59.1 Å². The summed E-state index contributed by atoms with van der Waals surface area (Å²) in [5, 5.41) is 2.39. The van der Waals surface area contributed by atoms with Crippen molar-refractivity contribution in [1.29, 1.82) is 0 Å². The average Bonchev–Trinajstić information content (AvgIpc) is 2.64. The second kappa shape index (κ2) is 4.24. The molecule has 0 saturated heterocycles. The van der Waals surface area contributed by atoms with Crippen LogP contribution in [0, 0.1) is 0 Å². The van der Waals surface area contributed by atoms with E-state index in [1.54, 1.807) is 0 Å². The molecule has 92 valence electrons. The fraction of sp³-hybridized carbons (Fsp3) is 0.143. The van der Waals surface area contributed by atoms with Crippen LogP contribution in [0.15, 0.2) is 48.5 Å². The maximum atomic E-state index is 13.4. The maximum absolute atomic E-state index is 13.4. The molecule has 18 heavy (non-hydrogen) atoms. The molecular formula is C14H13ClNOP. The van der Waals surface area contributed by atoms with Crippen molar-refractivity contribution in [3.8, 4) is 0 Å². The van der Waals surface area contributed by atoms with Crippen molar-refractivity contribution in [1.82, 2.24) is 4.67 Å². The highest BCUT2D eigenvalue weighted by Gasteiger charge is 2.39. The van der Waals surface area contributed by atoms with E-state index in [1.165, 1.54) is 0 Å². The number of hydrogen-bond acceptors (Lipinski definition) is 1. The summed E-state index contributed by atoms with van der Waals surface area (Å²) in [4.78, 5) is 0. The summed E-state index contributed by atoms with van der Waals surface area (Å²) < 4.78 is 15.3. The molecule has 0 N–H and O–H groups in total. The van der Waals surface area contributed by atoms with Gasteiger partial charge >= 0.3 is 0 Å². The van der Waals surface area contributed by atoms with Crippen molar-refractivity contribution in [2.45, 2.75) is 6.54 Å². The Morgan fingerprint density at radius 3 is 2.61 bits per heavy atom. The lowest BCUT2D eigenvalue weighted by molar-refractivity contribution is 0.494. The summed E-state index contributed by atoms with van der Waals surface area (Å²) in [6, 6.07) is 15.3. The van der Waals surface area contributed by atoms with E-state index in [-0.39, 0.29) is 0 Å². The Balaban J connectivity index is 2.25.